The summed E-state index contributed by atoms with van der Waals surface area (Å²) in [6, 6.07) is 8.14. The summed E-state index contributed by atoms with van der Waals surface area (Å²) in [4.78, 5) is 23.0. The van der Waals surface area contributed by atoms with Gasteiger partial charge in [0, 0.05) is 18.9 Å². The normalized spacial score (nSPS) is 16.1. The molecule has 0 saturated heterocycles. The summed E-state index contributed by atoms with van der Waals surface area (Å²) in [5.41, 5.74) is 5.16. The van der Waals surface area contributed by atoms with Gasteiger partial charge in [0.15, 0.2) is 0 Å². The monoisotopic (exact) mass is 273 g/mol. The van der Waals surface area contributed by atoms with Crippen molar-refractivity contribution in [3.05, 3.63) is 35.4 Å². The van der Waals surface area contributed by atoms with Gasteiger partial charge in [-0.1, -0.05) is 24.3 Å². The summed E-state index contributed by atoms with van der Waals surface area (Å²) >= 11 is 0. The van der Waals surface area contributed by atoms with Crippen molar-refractivity contribution >= 4 is 17.5 Å². The minimum atomic E-state index is -0.203. The molecule has 0 aliphatic carbocycles. The molecule has 106 valence electrons. The Hall–Kier alpha value is -2.17. The van der Waals surface area contributed by atoms with Gasteiger partial charge >= 0.3 is 0 Å². The number of nitrogens with one attached hydrogen (secondary N) is 2. The third kappa shape index (κ3) is 3.66. The Kier molecular flexibility index (Phi) is 4.50. The molecule has 1 atom stereocenters. The second-order valence-corrected chi connectivity index (χ2v) is 5.10. The first kappa shape index (κ1) is 14.2. The van der Waals surface area contributed by atoms with E-state index in [0.29, 0.717) is 18.6 Å². The maximum atomic E-state index is 12.0. The summed E-state index contributed by atoms with van der Waals surface area (Å²) in [6.45, 7) is 4.02. The molecule has 5 nitrogen and oxygen atoms in total. The average Bonchev–Trinajstić information content (AvgIpc) is 2.42. The molecule has 0 spiro atoms. The number of nitrogens with zero attached hydrogens (tertiary/aromatic N) is 1. The van der Waals surface area contributed by atoms with Gasteiger partial charge in [-0.15, -0.1) is 0 Å². The van der Waals surface area contributed by atoms with Crippen LogP contribution in [0, 0.1) is 6.92 Å². The Balaban J connectivity index is 1.91. The molecule has 2 rings (SSSR count). The Bertz CT molecular complexity index is 552. The van der Waals surface area contributed by atoms with Crippen LogP contribution in [0.2, 0.25) is 0 Å². The fourth-order valence-electron chi connectivity index (χ4n) is 2.16. The molecule has 0 aromatic heterocycles. The lowest BCUT2D eigenvalue weighted by atomic mass is 10.0. The molecule has 1 aromatic rings. The highest BCUT2D eigenvalue weighted by molar-refractivity contribution is 6.39. The van der Waals surface area contributed by atoms with Crippen LogP contribution in [-0.4, -0.2) is 23.6 Å². The molecule has 2 N–H and O–H groups in total. The van der Waals surface area contributed by atoms with Gasteiger partial charge in [-0.3, -0.25) is 9.59 Å². The molecule has 2 amide bonds. The first-order valence-electron chi connectivity index (χ1n) is 6.77. The molecular weight excluding hydrogens is 254 g/mol. The molecule has 1 heterocycles. The number of carbonyl (C=O) groups is 2. The van der Waals surface area contributed by atoms with Gasteiger partial charge in [-0.25, -0.2) is 5.43 Å². The summed E-state index contributed by atoms with van der Waals surface area (Å²) in [6.07, 6.45) is 1.49. The number of aryl methyl sites for hydroxylation is 1. The minimum Gasteiger partial charge on any atom is -0.348 e. The van der Waals surface area contributed by atoms with E-state index in [2.05, 4.69) is 34.9 Å². The predicted octanol–water partition coefficient (Wildman–Crippen LogP) is 1.31. The molecule has 0 radical (unpaired) electrons. The summed E-state index contributed by atoms with van der Waals surface area (Å²) in [5.74, 6) is -0.347. The van der Waals surface area contributed by atoms with Gasteiger partial charge in [-0.2, -0.15) is 5.10 Å². The summed E-state index contributed by atoms with van der Waals surface area (Å²) in [5, 5.41) is 6.71. The van der Waals surface area contributed by atoms with Crippen LogP contribution in [0.3, 0.4) is 0 Å². The van der Waals surface area contributed by atoms with Crippen LogP contribution in [0.5, 0.6) is 0 Å². The van der Waals surface area contributed by atoms with E-state index < -0.39 is 0 Å². The van der Waals surface area contributed by atoms with Crippen molar-refractivity contribution in [2.24, 2.45) is 5.10 Å². The maximum Gasteiger partial charge on any atom is 0.267 e. The average molecular weight is 273 g/mol. The van der Waals surface area contributed by atoms with Crippen LogP contribution in [0.1, 0.15) is 30.9 Å². The third-order valence-electron chi connectivity index (χ3n) is 3.33. The number of hydrogen-bond donors (Lipinski definition) is 2. The van der Waals surface area contributed by atoms with E-state index in [1.807, 2.05) is 19.1 Å². The summed E-state index contributed by atoms with van der Waals surface area (Å²) in [7, 11) is 0. The van der Waals surface area contributed by atoms with Gasteiger partial charge in [0.25, 0.3) is 5.91 Å². The van der Waals surface area contributed by atoms with E-state index in [0.717, 1.165) is 6.42 Å². The lowest BCUT2D eigenvalue weighted by Gasteiger charge is -2.17. The zero-order valence-corrected chi connectivity index (χ0v) is 11.8. The second kappa shape index (κ2) is 6.32. The molecule has 0 saturated carbocycles. The molecule has 1 unspecified atom stereocenters. The van der Waals surface area contributed by atoms with Gasteiger partial charge in [0.1, 0.15) is 5.71 Å². The molecule has 1 aliphatic rings. The highest BCUT2D eigenvalue weighted by atomic mass is 16.2. The number of benzene rings is 1. The molecule has 1 aliphatic heterocycles. The fourth-order valence-corrected chi connectivity index (χ4v) is 2.16. The van der Waals surface area contributed by atoms with Crippen LogP contribution in [0.25, 0.3) is 0 Å². The van der Waals surface area contributed by atoms with Crippen LogP contribution >= 0.6 is 0 Å². The zero-order chi connectivity index (χ0) is 14.5. The molecule has 5 heteroatoms. The highest BCUT2D eigenvalue weighted by Crippen LogP contribution is 2.10. The predicted molar refractivity (Wildman–Crippen MR) is 77.3 cm³/mol. The van der Waals surface area contributed by atoms with E-state index in [4.69, 9.17) is 0 Å². The summed E-state index contributed by atoms with van der Waals surface area (Å²) < 4.78 is 0. The fraction of sp³-hybridized carbons (Fsp3) is 0.400. The van der Waals surface area contributed by atoms with Crippen molar-refractivity contribution in [2.75, 3.05) is 0 Å². The maximum absolute atomic E-state index is 12.0. The lowest BCUT2D eigenvalue weighted by Crippen LogP contribution is -2.41. The van der Waals surface area contributed by atoms with E-state index >= 15 is 0 Å². The standard InChI is InChI=1S/C15H19N3O2/c1-10-5-3-4-6-12(10)9-11(2)16-15(20)13-7-8-14(19)18-17-13/h3-6,11H,7-9H2,1-2H3,(H,16,20)(H,18,19). The van der Waals surface area contributed by atoms with E-state index in [1.165, 1.54) is 11.1 Å². The topological polar surface area (TPSA) is 70.6 Å². The van der Waals surface area contributed by atoms with Crippen LogP contribution < -0.4 is 10.7 Å². The van der Waals surface area contributed by atoms with Crippen molar-refractivity contribution in [3.63, 3.8) is 0 Å². The number of amides is 2. The van der Waals surface area contributed by atoms with E-state index in [1.54, 1.807) is 0 Å². The van der Waals surface area contributed by atoms with Crippen LogP contribution in [0.4, 0.5) is 0 Å². The number of hydrogen-bond acceptors (Lipinski definition) is 3. The minimum absolute atomic E-state index is 0.0175. The van der Waals surface area contributed by atoms with Crippen molar-refractivity contribution in [3.8, 4) is 0 Å². The molecule has 20 heavy (non-hydrogen) atoms. The van der Waals surface area contributed by atoms with Crippen LogP contribution in [-0.2, 0) is 16.0 Å². The van der Waals surface area contributed by atoms with Gasteiger partial charge in [-0.05, 0) is 31.4 Å². The Labute approximate surface area is 118 Å². The number of hydrazone groups is 1. The Morgan fingerprint density at radius 3 is 2.80 bits per heavy atom. The van der Waals surface area contributed by atoms with Gasteiger partial charge in [0.05, 0.1) is 0 Å². The third-order valence-corrected chi connectivity index (χ3v) is 3.33. The lowest BCUT2D eigenvalue weighted by molar-refractivity contribution is -0.121. The first-order valence-corrected chi connectivity index (χ1v) is 6.77. The molecular formula is C15H19N3O2. The Morgan fingerprint density at radius 2 is 2.15 bits per heavy atom. The van der Waals surface area contributed by atoms with E-state index in [9.17, 15) is 9.59 Å². The Morgan fingerprint density at radius 1 is 1.40 bits per heavy atom. The number of rotatable bonds is 4. The second-order valence-electron chi connectivity index (χ2n) is 5.10. The van der Waals surface area contributed by atoms with Gasteiger partial charge < -0.3 is 5.32 Å². The van der Waals surface area contributed by atoms with E-state index in [-0.39, 0.29) is 17.9 Å². The molecule has 0 fully saturated rings. The van der Waals surface area contributed by atoms with Crippen molar-refractivity contribution < 1.29 is 9.59 Å². The number of carbonyl (C=O) groups excluding carboxylic acids is 2. The van der Waals surface area contributed by atoms with Crippen molar-refractivity contribution in [1.82, 2.24) is 10.7 Å². The largest absolute Gasteiger partial charge is 0.348 e. The van der Waals surface area contributed by atoms with Crippen LogP contribution in [0.15, 0.2) is 29.4 Å². The highest BCUT2D eigenvalue weighted by Gasteiger charge is 2.19. The van der Waals surface area contributed by atoms with Crippen molar-refractivity contribution in [2.45, 2.75) is 39.2 Å². The molecule has 1 aromatic carbocycles. The van der Waals surface area contributed by atoms with Gasteiger partial charge in [0.2, 0.25) is 5.91 Å². The quantitative estimate of drug-likeness (QED) is 0.868. The van der Waals surface area contributed by atoms with Crippen molar-refractivity contribution in [1.29, 1.82) is 0 Å². The smallest absolute Gasteiger partial charge is 0.267 e. The molecule has 0 bridgehead atoms. The first-order chi connectivity index (χ1) is 9.56. The SMILES string of the molecule is Cc1ccccc1CC(C)NC(=O)C1=NNC(=O)CC1. The zero-order valence-electron chi connectivity index (χ0n) is 11.8.